The van der Waals surface area contributed by atoms with Gasteiger partial charge in [0.2, 0.25) is 0 Å². The minimum Gasteiger partial charge on any atom is -0.374 e. The van der Waals surface area contributed by atoms with Gasteiger partial charge in [-0.15, -0.1) is 11.8 Å². The van der Waals surface area contributed by atoms with Crippen molar-refractivity contribution in [2.45, 2.75) is 42.1 Å². The predicted molar refractivity (Wildman–Crippen MR) is 180 cm³/mol. The van der Waals surface area contributed by atoms with Crippen molar-refractivity contribution in [3.05, 3.63) is 119 Å². The van der Waals surface area contributed by atoms with E-state index in [9.17, 15) is 32.5 Å². The van der Waals surface area contributed by atoms with Crippen molar-refractivity contribution < 1.29 is 27.3 Å². The van der Waals surface area contributed by atoms with Crippen molar-refractivity contribution in [3.8, 4) is 11.1 Å². The van der Waals surface area contributed by atoms with Gasteiger partial charge in [-0.3, -0.25) is 14.9 Å². The van der Waals surface area contributed by atoms with Crippen molar-refractivity contribution in [1.29, 1.82) is 0 Å². The number of hydrogen-bond donors (Lipinski definition) is 4. The first-order valence-corrected chi connectivity index (χ1v) is 16.9. The number of thioether (sulfide) groups is 1. The van der Waals surface area contributed by atoms with Crippen molar-refractivity contribution in [2.75, 3.05) is 17.6 Å². The maximum absolute atomic E-state index is 13.2. The standard InChI is InChI=1S/C33H34FN5O6S2/c1-33(2,3)37-32(41)35-20-26(21-46-27-7-5-4-6-8-27)36-29-18-17-28(19-30(29)39(42)43)47(44,45)38-31(40)24-11-9-22(10-12-24)23-13-15-25(34)16-14-23/h4-19,26,36H,20-21H2,1-3H3,(H,38,40)(H2,35,37,41). The molecule has 0 heterocycles. The number of carbonyl (C=O) groups excluding carboxylic acids is 2. The lowest BCUT2D eigenvalue weighted by Gasteiger charge is -2.24. The monoisotopic (exact) mass is 679 g/mol. The maximum atomic E-state index is 13.2. The SMILES string of the molecule is CC(C)(C)NC(=O)NCC(CSc1ccccc1)Nc1ccc(S(=O)(=O)NC(=O)c2ccc(-c3ccc(F)cc3)cc2)cc1[N+](=O)[O-]. The molecule has 0 aliphatic carbocycles. The van der Waals surface area contributed by atoms with Crippen LogP contribution in [0.2, 0.25) is 0 Å². The quantitative estimate of drug-likeness (QED) is 0.0784. The van der Waals surface area contributed by atoms with Crippen LogP contribution in [0.15, 0.2) is 107 Å². The summed E-state index contributed by atoms with van der Waals surface area (Å²) in [4.78, 5) is 37.1. The molecule has 4 rings (SSSR count). The van der Waals surface area contributed by atoms with Crippen LogP contribution in [0.3, 0.4) is 0 Å². The first kappa shape index (κ1) is 34.9. The van der Waals surface area contributed by atoms with Crippen LogP contribution < -0.4 is 20.7 Å². The summed E-state index contributed by atoms with van der Waals surface area (Å²) in [7, 11) is -4.50. The third-order valence-electron chi connectivity index (χ3n) is 6.58. The zero-order valence-corrected chi connectivity index (χ0v) is 27.5. The number of hydrogen-bond acceptors (Lipinski definition) is 8. The molecule has 0 saturated heterocycles. The zero-order valence-electron chi connectivity index (χ0n) is 25.8. The summed E-state index contributed by atoms with van der Waals surface area (Å²) >= 11 is 1.48. The fourth-order valence-electron chi connectivity index (χ4n) is 4.33. The van der Waals surface area contributed by atoms with Gasteiger partial charge in [-0.1, -0.05) is 42.5 Å². The minimum atomic E-state index is -4.50. The number of nitrogens with one attached hydrogen (secondary N) is 4. The number of nitro groups is 1. The van der Waals surface area contributed by atoms with Crippen LogP contribution >= 0.6 is 11.8 Å². The number of benzene rings is 4. The molecular formula is C33H34FN5O6S2. The van der Waals surface area contributed by atoms with Gasteiger partial charge in [-0.2, -0.15) is 0 Å². The number of sulfonamides is 1. The zero-order chi connectivity index (χ0) is 34.2. The van der Waals surface area contributed by atoms with E-state index in [1.807, 2.05) is 55.8 Å². The maximum Gasteiger partial charge on any atom is 0.315 e. The van der Waals surface area contributed by atoms with Gasteiger partial charge in [0.1, 0.15) is 11.5 Å². The molecule has 4 N–H and O–H groups in total. The number of urea groups is 1. The molecule has 0 radical (unpaired) electrons. The largest absolute Gasteiger partial charge is 0.374 e. The topological polar surface area (TPSA) is 160 Å². The molecule has 1 unspecified atom stereocenters. The van der Waals surface area contributed by atoms with Gasteiger partial charge in [-0.25, -0.2) is 22.3 Å². The molecule has 0 bridgehead atoms. The Labute approximate surface area is 276 Å². The van der Waals surface area contributed by atoms with Crippen LogP contribution in [0.25, 0.3) is 11.1 Å². The Morgan fingerprint density at radius 1 is 0.915 bits per heavy atom. The third-order valence-corrected chi connectivity index (χ3v) is 9.08. The fourth-order valence-corrected chi connectivity index (χ4v) is 6.27. The number of amides is 3. The molecule has 11 nitrogen and oxygen atoms in total. The second kappa shape index (κ2) is 15.1. The van der Waals surface area contributed by atoms with Gasteiger partial charge >= 0.3 is 6.03 Å². The van der Waals surface area contributed by atoms with E-state index in [1.54, 1.807) is 24.3 Å². The average molecular weight is 680 g/mol. The summed E-state index contributed by atoms with van der Waals surface area (Å²) in [5, 5.41) is 20.7. The van der Waals surface area contributed by atoms with Crippen LogP contribution in [0.1, 0.15) is 31.1 Å². The van der Waals surface area contributed by atoms with E-state index in [2.05, 4.69) is 16.0 Å². The molecule has 14 heteroatoms. The second-order valence-electron chi connectivity index (χ2n) is 11.5. The molecular weight excluding hydrogens is 646 g/mol. The molecule has 4 aromatic carbocycles. The number of halogens is 1. The number of nitro benzene ring substituents is 1. The molecule has 246 valence electrons. The first-order valence-electron chi connectivity index (χ1n) is 14.4. The Bertz CT molecular complexity index is 1830. The lowest BCUT2D eigenvalue weighted by molar-refractivity contribution is -0.384. The summed E-state index contributed by atoms with van der Waals surface area (Å²) in [6.07, 6.45) is 0. The van der Waals surface area contributed by atoms with Crippen LogP contribution in [-0.4, -0.2) is 49.2 Å². The number of nitrogens with zero attached hydrogens (tertiary/aromatic N) is 1. The summed E-state index contributed by atoms with van der Waals surface area (Å²) in [6.45, 7) is 5.61. The van der Waals surface area contributed by atoms with Gasteiger partial charge in [0, 0.05) is 34.4 Å². The first-order chi connectivity index (χ1) is 22.2. The lowest BCUT2D eigenvalue weighted by atomic mass is 10.0. The van der Waals surface area contributed by atoms with E-state index in [1.165, 1.54) is 42.1 Å². The van der Waals surface area contributed by atoms with Crippen LogP contribution in [0.4, 0.5) is 20.6 Å². The van der Waals surface area contributed by atoms with E-state index in [4.69, 9.17) is 0 Å². The van der Waals surface area contributed by atoms with Crippen molar-refractivity contribution in [2.24, 2.45) is 0 Å². The van der Waals surface area contributed by atoms with E-state index < -0.39 is 54.9 Å². The second-order valence-corrected chi connectivity index (χ2v) is 14.3. The highest BCUT2D eigenvalue weighted by molar-refractivity contribution is 7.99. The lowest BCUT2D eigenvalue weighted by Crippen LogP contribution is -2.49. The number of anilines is 1. The van der Waals surface area contributed by atoms with Crippen LogP contribution in [-0.2, 0) is 10.0 Å². The van der Waals surface area contributed by atoms with Crippen LogP contribution in [0, 0.1) is 15.9 Å². The van der Waals surface area contributed by atoms with E-state index in [0.717, 1.165) is 17.0 Å². The molecule has 0 fully saturated rings. The molecule has 0 aliphatic heterocycles. The van der Waals surface area contributed by atoms with E-state index in [-0.39, 0.29) is 17.8 Å². The molecule has 3 amide bonds. The van der Waals surface area contributed by atoms with Gasteiger partial charge in [0.05, 0.1) is 15.9 Å². The Morgan fingerprint density at radius 2 is 1.53 bits per heavy atom. The van der Waals surface area contributed by atoms with E-state index >= 15 is 0 Å². The summed E-state index contributed by atoms with van der Waals surface area (Å²) in [5.41, 5.74) is 0.458. The molecule has 0 aromatic heterocycles. The molecule has 1 atom stereocenters. The summed E-state index contributed by atoms with van der Waals surface area (Å²) < 4.78 is 41.5. The average Bonchev–Trinajstić information content (AvgIpc) is 3.02. The number of rotatable bonds is 12. The Hall–Kier alpha value is -4.95. The van der Waals surface area contributed by atoms with E-state index in [0.29, 0.717) is 16.9 Å². The summed E-state index contributed by atoms with van der Waals surface area (Å²) in [5.74, 6) is -0.913. The van der Waals surface area contributed by atoms with Gasteiger partial charge < -0.3 is 16.0 Å². The predicted octanol–water partition coefficient (Wildman–Crippen LogP) is 6.19. The van der Waals surface area contributed by atoms with Gasteiger partial charge in [-0.05, 0) is 80.4 Å². The molecule has 0 spiro atoms. The molecule has 4 aromatic rings. The third kappa shape index (κ3) is 10.3. The van der Waals surface area contributed by atoms with Crippen molar-refractivity contribution in [1.82, 2.24) is 15.4 Å². The van der Waals surface area contributed by atoms with Gasteiger partial charge in [0.25, 0.3) is 21.6 Å². The molecule has 0 saturated carbocycles. The highest BCUT2D eigenvalue weighted by Gasteiger charge is 2.25. The fraction of sp³-hybridized carbons (Fsp3) is 0.212. The summed E-state index contributed by atoms with van der Waals surface area (Å²) in [6, 6.07) is 23.6. The van der Waals surface area contributed by atoms with Gasteiger partial charge in [0.15, 0.2) is 0 Å². The molecule has 47 heavy (non-hydrogen) atoms. The molecule has 0 aliphatic rings. The van der Waals surface area contributed by atoms with Crippen molar-refractivity contribution >= 4 is 45.1 Å². The highest BCUT2D eigenvalue weighted by atomic mass is 32.2. The Kier molecular flexibility index (Phi) is 11.2. The normalized spacial score (nSPS) is 12.1. The Balaban J connectivity index is 1.50. The highest BCUT2D eigenvalue weighted by Crippen LogP contribution is 2.29. The van der Waals surface area contributed by atoms with Crippen LogP contribution in [0.5, 0.6) is 0 Å². The van der Waals surface area contributed by atoms with Crippen molar-refractivity contribution in [3.63, 3.8) is 0 Å². The number of carbonyl (C=O) groups is 2. The smallest absolute Gasteiger partial charge is 0.315 e. The minimum absolute atomic E-state index is 0.0355. The Morgan fingerprint density at radius 3 is 2.13 bits per heavy atom.